The topological polar surface area (TPSA) is 0 Å². The molecular formula is C10H12BrF. The predicted octanol–water partition coefficient (Wildman–Crippen LogP) is 4.10. The molecule has 2 heteroatoms. The molecule has 0 fully saturated rings. The fraction of sp³-hybridized carbons (Fsp3) is 0.400. The van der Waals surface area contributed by atoms with E-state index in [0.717, 1.165) is 12.0 Å². The van der Waals surface area contributed by atoms with Crippen molar-refractivity contribution in [2.75, 3.05) is 0 Å². The third-order valence-electron chi connectivity index (χ3n) is 2.12. The molecule has 0 heterocycles. The second-order valence-electron chi connectivity index (χ2n) is 2.95. The monoisotopic (exact) mass is 230 g/mol. The first-order chi connectivity index (χ1) is 5.66. The Morgan fingerprint density at radius 2 is 2.17 bits per heavy atom. The van der Waals surface area contributed by atoms with E-state index in [4.69, 9.17) is 0 Å². The zero-order valence-corrected chi connectivity index (χ0v) is 8.86. The van der Waals surface area contributed by atoms with Crippen LogP contribution in [-0.4, -0.2) is 0 Å². The Labute approximate surface area is 80.9 Å². The van der Waals surface area contributed by atoms with Crippen molar-refractivity contribution < 1.29 is 4.39 Å². The van der Waals surface area contributed by atoms with Gasteiger partial charge >= 0.3 is 0 Å². The normalized spacial score (nSPS) is 13.0. The molecule has 0 aliphatic heterocycles. The maximum atomic E-state index is 13.4. The molecule has 66 valence electrons. The molecular weight excluding hydrogens is 219 g/mol. The molecule has 0 saturated heterocycles. The molecule has 1 atom stereocenters. The lowest BCUT2D eigenvalue weighted by molar-refractivity contribution is 0.578. The van der Waals surface area contributed by atoms with Crippen molar-refractivity contribution in [3.8, 4) is 0 Å². The number of hydrogen-bond donors (Lipinski definition) is 0. The second-order valence-corrected chi connectivity index (χ2v) is 3.81. The van der Waals surface area contributed by atoms with E-state index in [2.05, 4.69) is 22.9 Å². The molecule has 0 nitrogen and oxygen atoms in total. The van der Waals surface area contributed by atoms with Gasteiger partial charge in [0.05, 0.1) is 4.47 Å². The maximum Gasteiger partial charge on any atom is 0.140 e. The van der Waals surface area contributed by atoms with Crippen LogP contribution in [0.25, 0.3) is 0 Å². The fourth-order valence-corrected chi connectivity index (χ4v) is 1.50. The van der Waals surface area contributed by atoms with Crippen LogP contribution >= 0.6 is 15.9 Å². The summed E-state index contributed by atoms with van der Waals surface area (Å²) in [6.07, 6.45) is 0.966. The van der Waals surface area contributed by atoms with Crippen molar-refractivity contribution in [1.29, 1.82) is 0 Å². The molecule has 12 heavy (non-hydrogen) atoms. The summed E-state index contributed by atoms with van der Waals surface area (Å²) in [6.45, 7) is 4.09. The zero-order valence-electron chi connectivity index (χ0n) is 7.27. The lowest BCUT2D eigenvalue weighted by atomic mass is 9.98. The average Bonchev–Trinajstić information content (AvgIpc) is 2.08. The summed E-state index contributed by atoms with van der Waals surface area (Å²) in [7, 11) is 0. The predicted molar refractivity (Wildman–Crippen MR) is 52.8 cm³/mol. The lowest BCUT2D eigenvalue weighted by Crippen LogP contribution is -1.95. The van der Waals surface area contributed by atoms with Crippen molar-refractivity contribution in [2.24, 2.45) is 0 Å². The van der Waals surface area contributed by atoms with Crippen molar-refractivity contribution in [2.45, 2.75) is 26.2 Å². The van der Waals surface area contributed by atoms with Gasteiger partial charge in [-0.3, -0.25) is 0 Å². The van der Waals surface area contributed by atoms with Crippen LogP contribution in [0, 0.1) is 5.82 Å². The third kappa shape index (κ3) is 1.86. The van der Waals surface area contributed by atoms with Gasteiger partial charge in [-0.15, -0.1) is 0 Å². The third-order valence-corrected chi connectivity index (χ3v) is 2.74. The van der Waals surface area contributed by atoms with Crippen LogP contribution in [0.3, 0.4) is 0 Å². The number of rotatable bonds is 2. The van der Waals surface area contributed by atoms with E-state index in [-0.39, 0.29) is 5.82 Å². The van der Waals surface area contributed by atoms with Gasteiger partial charge in [-0.1, -0.05) is 26.0 Å². The number of halogens is 2. The van der Waals surface area contributed by atoms with Gasteiger partial charge in [-0.25, -0.2) is 4.39 Å². The van der Waals surface area contributed by atoms with E-state index in [0.29, 0.717) is 10.4 Å². The SMILES string of the molecule is CCC(C)c1cccc(Br)c1F. The van der Waals surface area contributed by atoms with Gasteiger partial charge in [-0.2, -0.15) is 0 Å². The Kier molecular flexibility index (Phi) is 3.27. The van der Waals surface area contributed by atoms with Crippen LogP contribution in [0.5, 0.6) is 0 Å². The van der Waals surface area contributed by atoms with Gasteiger partial charge in [0.15, 0.2) is 0 Å². The zero-order chi connectivity index (χ0) is 9.14. The van der Waals surface area contributed by atoms with Crippen LogP contribution in [0.4, 0.5) is 4.39 Å². The number of hydrogen-bond acceptors (Lipinski definition) is 0. The van der Waals surface area contributed by atoms with Gasteiger partial charge in [0.2, 0.25) is 0 Å². The lowest BCUT2D eigenvalue weighted by Gasteiger charge is -2.10. The van der Waals surface area contributed by atoms with Crippen LogP contribution < -0.4 is 0 Å². The summed E-state index contributed by atoms with van der Waals surface area (Å²) in [5, 5.41) is 0. The molecule has 0 saturated carbocycles. The average molecular weight is 231 g/mol. The summed E-state index contributed by atoms with van der Waals surface area (Å²) in [5.41, 5.74) is 0.798. The standard InChI is InChI=1S/C10H12BrF/c1-3-7(2)8-5-4-6-9(11)10(8)12/h4-7H,3H2,1-2H3. The molecule has 0 N–H and O–H groups in total. The van der Waals surface area contributed by atoms with Crippen LogP contribution in [0.1, 0.15) is 31.7 Å². The van der Waals surface area contributed by atoms with Crippen molar-refractivity contribution in [1.82, 2.24) is 0 Å². The minimum Gasteiger partial charge on any atom is -0.205 e. The molecule has 1 aromatic rings. The largest absolute Gasteiger partial charge is 0.205 e. The molecule has 1 unspecified atom stereocenters. The van der Waals surface area contributed by atoms with Crippen LogP contribution in [0.15, 0.2) is 22.7 Å². The van der Waals surface area contributed by atoms with E-state index >= 15 is 0 Å². The maximum absolute atomic E-state index is 13.4. The van der Waals surface area contributed by atoms with E-state index < -0.39 is 0 Å². The van der Waals surface area contributed by atoms with E-state index in [1.165, 1.54) is 0 Å². The molecule has 0 spiro atoms. The summed E-state index contributed by atoms with van der Waals surface area (Å²) in [4.78, 5) is 0. The summed E-state index contributed by atoms with van der Waals surface area (Å²) >= 11 is 3.17. The van der Waals surface area contributed by atoms with Gasteiger partial charge in [0.1, 0.15) is 5.82 Å². The summed E-state index contributed by atoms with van der Waals surface area (Å²) in [5.74, 6) is 0.175. The smallest absolute Gasteiger partial charge is 0.140 e. The van der Waals surface area contributed by atoms with Crippen molar-refractivity contribution in [3.05, 3.63) is 34.1 Å². The molecule has 0 amide bonds. The van der Waals surface area contributed by atoms with Gasteiger partial charge in [0.25, 0.3) is 0 Å². The Balaban J connectivity index is 3.07. The summed E-state index contributed by atoms with van der Waals surface area (Å²) < 4.78 is 13.9. The first-order valence-electron chi connectivity index (χ1n) is 4.10. The molecule has 0 aromatic heterocycles. The molecule has 0 aliphatic carbocycles. The Morgan fingerprint density at radius 3 is 2.75 bits per heavy atom. The first kappa shape index (κ1) is 9.72. The Bertz CT molecular complexity index is 271. The van der Waals surface area contributed by atoms with Gasteiger partial charge in [0, 0.05) is 0 Å². The second kappa shape index (κ2) is 4.04. The van der Waals surface area contributed by atoms with Crippen LogP contribution in [0.2, 0.25) is 0 Å². The molecule has 1 rings (SSSR count). The van der Waals surface area contributed by atoms with Crippen LogP contribution in [-0.2, 0) is 0 Å². The van der Waals surface area contributed by atoms with Crippen molar-refractivity contribution >= 4 is 15.9 Å². The highest BCUT2D eigenvalue weighted by atomic mass is 79.9. The minimum atomic E-state index is -0.119. The Morgan fingerprint density at radius 1 is 1.50 bits per heavy atom. The quantitative estimate of drug-likeness (QED) is 0.718. The van der Waals surface area contributed by atoms with E-state index in [1.807, 2.05) is 19.1 Å². The van der Waals surface area contributed by atoms with Gasteiger partial charge < -0.3 is 0 Å². The highest BCUT2D eigenvalue weighted by Crippen LogP contribution is 2.26. The summed E-state index contributed by atoms with van der Waals surface area (Å²) in [6, 6.07) is 5.43. The highest BCUT2D eigenvalue weighted by molar-refractivity contribution is 9.10. The number of benzene rings is 1. The minimum absolute atomic E-state index is 0.119. The molecule has 0 radical (unpaired) electrons. The fourth-order valence-electron chi connectivity index (χ4n) is 1.12. The van der Waals surface area contributed by atoms with E-state index in [1.54, 1.807) is 6.07 Å². The molecule has 0 aliphatic rings. The Hall–Kier alpha value is -0.370. The highest BCUT2D eigenvalue weighted by Gasteiger charge is 2.10. The molecule has 0 bridgehead atoms. The first-order valence-corrected chi connectivity index (χ1v) is 4.90. The van der Waals surface area contributed by atoms with Gasteiger partial charge in [-0.05, 0) is 39.9 Å². The van der Waals surface area contributed by atoms with Crippen molar-refractivity contribution in [3.63, 3.8) is 0 Å². The molecule has 1 aromatic carbocycles. The van der Waals surface area contributed by atoms with E-state index in [9.17, 15) is 4.39 Å².